The van der Waals surface area contributed by atoms with Crippen molar-refractivity contribution in [3.63, 3.8) is 0 Å². The van der Waals surface area contributed by atoms with Crippen LogP contribution in [0.3, 0.4) is 0 Å². The lowest BCUT2D eigenvalue weighted by atomic mass is 10.1. The number of furan rings is 1. The van der Waals surface area contributed by atoms with Gasteiger partial charge in [-0.3, -0.25) is 4.57 Å². The minimum atomic E-state index is -0.483. The third kappa shape index (κ3) is 1.53. The molecule has 0 aromatic carbocycles. The highest BCUT2D eigenvalue weighted by Crippen LogP contribution is 2.23. The first-order chi connectivity index (χ1) is 7.84. The van der Waals surface area contributed by atoms with Crippen molar-refractivity contribution in [2.24, 2.45) is 0 Å². The number of hydrogen-bond donors (Lipinski definition) is 1. The second-order valence-electron chi connectivity index (χ2n) is 4.03. The highest BCUT2D eigenvalue weighted by atomic mass is 16.3. The van der Waals surface area contributed by atoms with E-state index in [0.717, 1.165) is 36.7 Å². The Bertz CT molecular complexity index is 475. The normalized spacial score (nSPS) is 19.7. The molecule has 3 rings (SSSR count). The molecular formula is C11H13N3O2. The predicted octanol–water partition coefficient (Wildman–Crippen LogP) is 1.29. The molecule has 0 fully saturated rings. The Morgan fingerprint density at radius 2 is 2.44 bits per heavy atom. The van der Waals surface area contributed by atoms with Gasteiger partial charge in [0, 0.05) is 6.42 Å². The van der Waals surface area contributed by atoms with Crippen LogP contribution in [0.15, 0.2) is 22.8 Å². The van der Waals surface area contributed by atoms with Crippen molar-refractivity contribution >= 4 is 0 Å². The van der Waals surface area contributed by atoms with Crippen molar-refractivity contribution in [2.45, 2.75) is 31.9 Å². The van der Waals surface area contributed by atoms with Gasteiger partial charge in [0.2, 0.25) is 0 Å². The first kappa shape index (κ1) is 9.59. The van der Waals surface area contributed by atoms with Gasteiger partial charge in [0.25, 0.3) is 0 Å². The lowest BCUT2D eigenvalue weighted by Gasteiger charge is -2.20. The zero-order valence-electron chi connectivity index (χ0n) is 8.83. The van der Waals surface area contributed by atoms with Crippen LogP contribution in [0.4, 0.5) is 0 Å². The van der Waals surface area contributed by atoms with Gasteiger partial charge in [-0.25, -0.2) is 0 Å². The van der Waals surface area contributed by atoms with Gasteiger partial charge in [0.1, 0.15) is 23.6 Å². The van der Waals surface area contributed by atoms with Crippen molar-refractivity contribution in [1.82, 2.24) is 14.8 Å². The molecule has 5 nitrogen and oxygen atoms in total. The van der Waals surface area contributed by atoms with E-state index in [1.807, 2.05) is 16.7 Å². The molecule has 2 aromatic rings. The van der Waals surface area contributed by atoms with E-state index in [-0.39, 0.29) is 0 Å². The summed E-state index contributed by atoms with van der Waals surface area (Å²) in [6, 6.07) is 3.75. The Kier molecular flexibility index (Phi) is 2.25. The highest BCUT2D eigenvalue weighted by molar-refractivity contribution is 5.09. The lowest BCUT2D eigenvalue weighted by molar-refractivity contribution is 0.0751. The summed E-state index contributed by atoms with van der Waals surface area (Å²) >= 11 is 0. The molecule has 1 aliphatic heterocycles. The fourth-order valence-electron chi connectivity index (χ4n) is 2.14. The van der Waals surface area contributed by atoms with Crippen molar-refractivity contribution in [3.05, 3.63) is 35.8 Å². The summed E-state index contributed by atoms with van der Waals surface area (Å²) in [5.41, 5.74) is 0. The topological polar surface area (TPSA) is 64.1 Å². The summed E-state index contributed by atoms with van der Waals surface area (Å²) in [4.78, 5) is 0. The van der Waals surface area contributed by atoms with E-state index < -0.39 is 6.23 Å². The van der Waals surface area contributed by atoms with Crippen LogP contribution >= 0.6 is 0 Å². The quantitative estimate of drug-likeness (QED) is 0.826. The van der Waals surface area contributed by atoms with Crippen LogP contribution in [0.1, 0.15) is 36.5 Å². The largest absolute Gasteiger partial charge is 0.469 e. The van der Waals surface area contributed by atoms with Gasteiger partial charge < -0.3 is 9.52 Å². The predicted molar refractivity (Wildman–Crippen MR) is 55.7 cm³/mol. The van der Waals surface area contributed by atoms with Gasteiger partial charge in [-0.1, -0.05) is 0 Å². The Morgan fingerprint density at radius 1 is 1.50 bits per heavy atom. The smallest absolute Gasteiger partial charge is 0.142 e. The maximum atomic E-state index is 9.91. The summed E-state index contributed by atoms with van der Waals surface area (Å²) in [5, 5.41) is 18.1. The van der Waals surface area contributed by atoms with Crippen LogP contribution in [0, 0.1) is 0 Å². The molecule has 0 bridgehead atoms. The maximum absolute atomic E-state index is 9.91. The molecule has 5 heteroatoms. The first-order valence-electron chi connectivity index (χ1n) is 5.47. The standard InChI is InChI=1S/C11H13N3O2/c15-11-5-1-4-9-12-13-10(14(9)11)7-8-3-2-6-16-8/h2-3,6,11,15H,1,4-5,7H2. The SMILES string of the molecule is OC1CCCc2nnc(Cc3ccco3)n21. The van der Waals surface area contributed by atoms with E-state index in [1.165, 1.54) is 0 Å². The van der Waals surface area contributed by atoms with Crippen LogP contribution < -0.4 is 0 Å². The van der Waals surface area contributed by atoms with Gasteiger partial charge in [-0.05, 0) is 25.0 Å². The molecule has 16 heavy (non-hydrogen) atoms. The molecule has 0 amide bonds. The fourth-order valence-corrected chi connectivity index (χ4v) is 2.14. The van der Waals surface area contributed by atoms with Crippen molar-refractivity contribution < 1.29 is 9.52 Å². The Hall–Kier alpha value is -1.62. The number of aromatic nitrogens is 3. The summed E-state index contributed by atoms with van der Waals surface area (Å²) < 4.78 is 7.10. The van der Waals surface area contributed by atoms with E-state index in [9.17, 15) is 5.11 Å². The minimum Gasteiger partial charge on any atom is -0.469 e. The molecule has 1 aliphatic rings. The molecule has 0 aliphatic carbocycles. The van der Waals surface area contributed by atoms with E-state index in [0.29, 0.717) is 6.42 Å². The van der Waals surface area contributed by atoms with E-state index in [4.69, 9.17) is 4.42 Å². The van der Waals surface area contributed by atoms with Gasteiger partial charge >= 0.3 is 0 Å². The Morgan fingerprint density at radius 3 is 3.25 bits per heavy atom. The highest BCUT2D eigenvalue weighted by Gasteiger charge is 2.22. The molecule has 1 unspecified atom stereocenters. The number of aryl methyl sites for hydroxylation is 1. The minimum absolute atomic E-state index is 0.483. The third-order valence-electron chi connectivity index (χ3n) is 2.91. The van der Waals surface area contributed by atoms with Gasteiger partial charge in [-0.15, -0.1) is 10.2 Å². The van der Waals surface area contributed by atoms with Crippen LogP contribution in [-0.2, 0) is 12.8 Å². The molecular weight excluding hydrogens is 206 g/mol. The summed E-state index contributed by atoms with van der Waals surface area (Å²) in [6.45, 7) is 0. The zero-order valence-corrected chi connectivity index (χ0v) is 8.83. The Balaban J connectivity index is 1.93. The van der Waals surface area contributed by atoms with Gasteiger partial charge in [0.15, 0.2) is 0 Å². The average Bonchev–Trinajstić information content (AvgIpc) is 2.90. The third-order valence-corrected chi connectivity index (χ3v) is 2.91. The molecule has 1 atom stereocenters. The van der Waals surface area contributed by atoms with Crippen LogP contribution in [-0.4, -0.2) is 19.9 Å². The van der Waals surface area contributed by atoms with E-state index in [1.54, 1.807) is 6.26 Å². The summed E-state index contributed by atoms with van der Waals surface area (Å²) in [5.74, 6) is 2.49. The molecule has 0 saturated heterocycles. The van der Waals surface area contributed by atoms with Crippen LogP contribution in [0.5, 0.6) is 0 Å². The van der Waals surface area contributed by atoms with Crippen LogP contribution in [0.2, 0.25) is 0 Å². The summed E-state index contributed by atoms with van der Waals surface area (Å²) in [7, 11) is 0. The molecule has 0 radical (unpaired) electrons. The molecule has 1 N–H and O–H groups in total. The fraction of sp³-hybridized carbons (Fsp3) is 0.455. The Labute approximate surface area is 92.7 Å². The molecule has 0 spiro atoms. The average molecular weight is 219 g/mol. The second-order valence-corrected chi connectivity index (χ2v) is 4.03. The monoisotopic (exact) mass is 219 g/mol. The molecule has 84 valence electrons. The number of hydrogen-bond acceptors (Lipinski definition) is 4. The summed E-state index contributed by atoms with van der Waals surface area (Å²) in [6.07, 6.45) is 4.37. The first-order valence-corrected chi connectivity index (χ1v) is 5.47. The van der Waals surface area contributed by atoms with Crippen LogP contribution in [0.25, 0.3) is 0 Å². The number of fused-ring (bicyclic) bond motifs is 1. The van der Waals surface area contributed by atoms with Crippen molar-refractivity contribution in [1.29, 1.82) is 0 Å². The molecule has 3 heterocycles. The lowest BCUT2D eigenvalue weighted by Crippen LogP contribution is -2.19. The molecule has 2 aromatic heterocycles. The zero-order chi connectivity index (χ0) is 11.0. The molecule has 0 saturated carbocycles. The van der Waals surface area contributed by atoms with Gasteiger partial charge in [-0.2, -0.15) is 0 Å². The van der Waals surface area contributed by atoms with Crippen molar-refractivity contribution in [2.75, 3.05) is 0 Å². The number of aliphatic hydroxyl groups is 1. The number of rotatable bonds is 2. The van der Waals surface area contributed by atoms with Crippen molar-refractivity contribution in [3.8, 4) is 0 Å². The number of nitrogens with zero attached hydrogens (tertiary/aromatic N) is 3. The van der Waals surface area contributed by atoms with E-state index in [2.05, 4.69) is 10.2 Å². The second kappa shape index (κ2) is 3.75. The van der Waals surface area contributed by atoms with E-state index >= 15 is 0 Å². The number of aliphatic hydroxyl groups excluding tert-OH is 1. The maximum Gasteiger partial charge on any atom is 0.142 e. The van der Waals surface area contributed by atoms with Gasteiger partial charge in [0.05, 0.1) is 12.7 Å².